The molecule has 156 valence electrons. The third-order valence-electron chi connectivity index (χ3n) is 5.28. The number of amides is 1. The van der Waals surface area contributed by atoms with Crippen LogP contribution in [0.4, 0.5) is 0 Å². The number of piperazine rings is 1. The Bertz CT molecular complexity index is 1010. The number of ether oxygens (including phenoxy) is 2. The molecule has 1 fully saturated rings. The summed E-state index contributed by atoms with van der Waals surface area (Å²) >= 11 is 0. The molecule has 1 heterocycles. The van der Waals surface area contributed by atoms with Crippen molar-refractivity contribution in [1.82, 2.24) is 9.21 Å². The van der Waals surface area contributed by atoms with E-state index in [9.17, 15) is 13.2 Å². The summed E-state index contributed by atoms with van der Waals surface area (Å²) in [6.07, 6.45) is 0. The van der Waals surface area contributed by atoms with E-state index in [1.54, 1.807) is 35.2 Å². The summed E-state index contributed by atoms with van der Waals surface area (Å²) in [5.41, 5.74) is 2.38. The number of nitrogens with zero attached hydrogens (tertiary/aromatic N) is 2. The molecule has 29 heavy (non-hydrogen) atoms. The summed E-state index contributed by atoms with van der Waals surface area (Å²) in [4.78, 5) is 14.9. The minimum Gasteiger partial charge on any atom is -0.497 e. The fourth-order valence-electron chi connectivity index (χ4n) is 3.31. The van der Waals surface area contributed by atoms with Crippen LogP contribution in [0.3, 0.4) is 0 Å². The summed E-state index contributed by atoms with van der Waals surface area (Å²) in [6.45, 7) is 4.95. The standard InChI is InChI=1S/C21H26N2O5S/c1-15-5-7-18(13-16(15)2)29(25,26)23-11-9-22(10-12-23)21(24)19-14-17(27-3)6-8-20(19)28-4/h5-8,13-14H,9-12H2,1-4H3. The third-order valence-corrected chi connectivity index (χ3v) is 7.17. The minimum absolute atomic E-state index is 0.205. The molecule has 2 aromatic rings. The Kier molecular flexibility index (Phi) is 6.14. The van der Waals surface area contributed by atoms with Crippen molar-refractivity contribution in [2.24, 2.45) is 0 Å². The van der Waals surface area contributed by atoms with Crippen molar-refractivity contribution >= 4 is 15.9 Å². The lowest BCUT2D eigenvalue weighted by atomic mass is 10.1. The Hall–Kier alpha value is -2.58. The van der Waals surface area contributed by atoms with Gasteiger partial charge in [-0.05, 0) is 55.3 Å². The Morgan fingerprint density at radius 1 is 0.897 bits per heavy atom. The van der Waals surface area contributed by atoms with E-state index in [1.165, 1.54) is 18.5 Å². The number of rotatable bonds is 5. The highest BCUT2D eigenvalue weighted by atomic mass is 32.2. The molecule has 2 aromatic carbocycles. The molecule has 0 radical (unpaired) electrons. The highest BCUT2D eigenvalue weighted by molar-refractivity contribution is 7.89. The molecule has 0 N–H and O–H groups in total. The van der Waals surface area contributed by atoms with Gasteiger partial charge in [-0.1, -0.05) is 6.07 Å². The Balaban J connectivity index is 1.75. The van der Waals surface area contributed by atoms with Gasteiger partial charge in [-0.2, -0.15) is 4.31 Å². The second-order valence-corrected chi connectivity index (χ2v) is 8.95. The van der Waals surface area contributed by atoms with Crippen molar-refractivity contribution in [3.05, 3.63) is 53.1 Å². The van der Waals surface area contributed by atoms with Gasteiger partial charge in [0.25, 0.3) is 5.91 Å². The van der Waals surface area contributed by atoms with Gasteiger partial charge in [0.2, 0.25) is 10.0 Å². The van der Waals surface area contributed by atoms with Crippen LogP contribution in [0.25, 0.3) is 0 Å². The molecule has 1 amide bonds. The molecule has 3 rings (SSSR count). The molecule has 0 spiro atoms. The highest BCUT2D eigenvalue weighted by Gasteiger charge is 2.31. The number of hydrogen-bond donors (Lipinski definition) is 0. The first-order chi connectivity index (χ1) is 13.8. The van der Waals surface area contributed by atoms with Gasteiger partial charge in [-0.25, -0.2) is 8.42 Å². The van der Waals surface area contributed by atoms with Gasteiger partial charge in [0.1, 0.15) is 11.5 Å². The van der Waals surface area contributed by atoms with Crippen molar-refractivity contribution in [2.75, 3.05) is 40.4 Å². The maximum absolute atomic E-state index is 13.0. The van der Waals surface area contributed by atoms with Crippen LogP contribution in [0, 0.1) is 13.8 Å². The van der Waals surface area contributed by atoms with Gasteiger partial charge < -0.3 is 14.4 Å². The Morgan fingerprint density at radius 2 is 1.59 bits per heavy atom. The van der Waals surface area contributed by atoms with Crippen LogP contribution < -0.4 is 9.47 Å². The molecule has 0 saturated carbocycles. The number of hydrogen-bond acceptors (Lipinski definition) is 5. The van der Waals surface area contributed by atoms with Crippen LogP contribution in [-0.4, -0.2) is 63.9 Å². The first kappa shape index (κ1) is 21.1. The Morgan fingerprint density at radius 3 is 2.17 bits per heavy atom. The normalized spacial score (nSPS) is 15.2. The summed E-state index contributed by atoms with van der Waals surface area (Å²) in [5, 5.41) is 0. The molecule has 1 aliphatic heterocycles. The van der Waals surface area contributed by atoms with Crippen molar-refractivity contribution in [2.45, 2.75) is 18.7 Å². The van der Waals surface area contributed by atoms with Gasteiger partial charge in [-0.3, -0.25) is 4.79 Å². The van der Waals surface area contributed by atoms with Crippen LogP contribution >= 0.6 is 0 Å². The quantitative estimate of drug-likeness (QED) is 0.746. The molecule has 0 unspecified atom stereocenters. The molecular formula is C21H26N2O5S. The van der Waals surface area contributed by atoms with Crippen LogP contribution in [0.1, 0.15) is 21.5 Å². The van der Waals surface area contributed by atoms with Gasteiger partial charge >= 0.3 is 0 Å². The first-order valence-corrected chi connectivity index (χ1v) is 10.8. The SMILES string of the molecule is COc1ccc(OC)c(C(=O)N2CCN(S(=O)(=O)c3ccc(C)c(C)c3)CC2)c1. The smallest absolute Gasteiger partial charge is 0.257 e. The van der Waals surface area contributed by atoms with E-state index in [0.717, 1.165) is 11.1 Å². The van der Waals surface area contributed by atoms with E-state index < -0.39 is 10.0 Å². The van der Waals surface area contributed by atoms with Crippen molar-refractivity contribution in [3.8, 4) is 11.5 Å². The van der Waals surface area contributed by atoms with Crippen molar-refractivity contribution in [3.63, 3.8) is 0 Å². The van der Waals surface area contributed by atoms with E-state index in [2.05, 4.69) is 0 Å². The third kappa shape index (κ3) is 4.23. The zero-order valence-electron chi connectivity index (χ0n) is 17.1. The van der Waals surface area contributed by atoms with E-state index in [-0.39, 0.29) is 23.9 Å². The average Bonchev–Trinajstić information content (AvgIpc) is 2.74. The lowest BCUT2D eigenvalue weighted by Crippen LogP contribution is -2.50. The van der Waals surface area contributed by atoms with Crippen molar-refractivity contribution in [1.29, 1.82) is 0 Å². The van der Waals surface area contributed by atoms with E-state index in [4.69, 9.17) is 9.47 Å². The lowest BCUT2D eigenvalue weighted by molar-refractivity contribution is 0.0694. The fraction of sp³-hybridized carbons (Fsp3) is 0.381. The van der Waals surface area contributed by atoms with Gasteiger partial charge in [0.05, 0.1) is 24.7 Å². The Labute approximate surface area is 171 Å². The molecule has 0 aromatic heterocycles. The van der Waals surface area contributed by atoms with Crippen molar-refractivity contribution < 1.29 is 22.7 Å². The van der Waals surface area contributed by atoms with E-state index in [0.29, 0.717) is 30.2 Å². The monoisotopic (exact) mass is 418 g/mol. The second-order valence-electron chi connectivity index (χ2n) is 7.01. The van der Waals surface area contributed by atoms with Gasteiger partial charge in [0, 0.05) is 26.2 Å². The summed E-state index contributed by atoms with van der Waals surface area (Å²) < 4.78 is 37.9. The molecule has 0 bridgehead atoms. The maximum Gasteiger partial charge on any atom is 0.257 e. The summed E-state index contributed by atoms with van der Waals surface area (Å²) in [6, 6.07) is 10.2. The molecule has 0 atom stereocenters. The molecule has 1 saturated heterocycles. The average molecular weight is 419 g/mol. The molecule has 0 aliphatic carbocycles. The minimum atomic E-state index is -3.59. The number of carbonyl (C=O) groups is 1. The zero-order chi connectivity index (χ0) is 21.2. The van der Waals surface area contributed by atoms with Crippen LogP contribution in [0.5, 0.6) is 11.5 Å². The zero-order valence-corrected chi connectivity index (χ0v) is 18.0. The number of methoxy groups -OCH3 is 2. The number of aryl methyl sites for hydroxylation is 2. The van der Waals surface area contributed by atoms with E-state index >= 15 is 0 Å². The van der Waals surface area contributed by atoms with Crippen LogP contribution in [0.2, 0.25) is 0 Å². The number of sulfonamides is 1. The van der Waals surface area contributed by atoms with Gasteiger partial charge in [0.15, 0.2) is 0 Å². The molecule has 1 aliphatic rings. The van der Waals surface area contributed by atoms with Crippen LogP contribution in [0.15, 0.2) is 41.3 Å². The highest BCUT2D eigenvalue weighted by Crippen LogP contribution is 2.26. The number of carbonyl (C=O) groups excluding carboxylic acids is 1. The van der Waals surface area contributed by atoms with Gasteiger partial charge in [-0.15, -0.1) is 0 Å². The molecule has 8 heteroatoms. The summed E-state index contributed by atoms with van der Waals surface area (Å²) in [5.74, 6) is 0.815. The predicted octanol–water partition coefficient (Wildman–Crippen LogP) is 2.47. The molecule has 7 nitrogen and oxygen atoms in total. The van der Waals surface area contributed by atoms with Crippen LogP contribution in [-0.2, 0) is 10.0 Å². The predicted molar refractivity (Wildman–Crippen MR) is 110 cm³/mol. The fourth-order valence-corrected chi connectivity index (χ4v) is 4.81. The maximum atomic E-state index is 13.0. The second kappa shape index (κ2) is 8.42. The first-order valence-electron chi connectivity index (χ1n) is 9.36. The topological polar surface area (TPSA) is 76.2 Å². The number of benzene rings is 2. The summed E-state index contributed by atoms with van der Waals surface area (Å²) in [7, 11) is -0.547. The molecular weight excluding hydrogens is 392 g/mol. The van der Waals surface area contributed by atoms with E-state index in [1.807, 2.05) is 19.9 Å². The lowest BCUT2D eigenvalue weighted by Gasteiger charge is -2.34. The largest absolute Gasteiger partial charge is 0.497 e.